The molecule has 5 nitrogen and oxygen atoms in total. The minimum Gasteiger partial charge on any atom is -0.345 e. The van der Waals surface area contributed by atoms with Crippen molar-refractivity contribution >= 4 is 28.9 Å². The number of hydrazine groups is 1. The van der Waals surface area contributed by atoms with Gasteiger partial charge in [0.25, 0.3) is 0 Å². The first-order valence-corrected chi connectivity index (χ1v) is 6.59. The molecule has 0 aliphatic carbocycles. The molecule has 2 aliphatic rings. The Morgan fingerprint density at radius 1 is 1.33 bits per heavy atom. The minimum atomic E-state index is -4.47. The summed E-state index contributed by atoms with van der Waals surface area (Å²) in [6.07, 6.45) is -4.81. The summed E-state index contributed by atoms with van der Waals surface area (Å²) in [6, 6.07) is 4.56. The molecular weight excluding hydrogens is 305 g/mol. The summed E-state index contributed by atoms with van der Waals surface area (Å²) in [4.78, 5) is 13.5. The number of halogens is 3. The number of anilines is 1. The summed E-state index contributed by atoms with van der Waals surface area (Å²) in [7, 11) is 0. The second kappa shape index (κ2) is 4.93. The number of benzene rings is 1. The smallest absolute Gasteiger partial charge is 0.345 e. The number of thiocarbonyl (C=S) groups is 1. The Kier molecular flexibility index (Phi) is 3.34. The molecular formula is C12H11F3N4OS. The number of hydrogen-bond donors (Lipinski definition) is 3. The van der Waals surface area contributed by atoms with Gasteiger partial charge in [-0.2, -0.15) is 13.2 Å². The van der Waals surface area contributed by atoms with E-state index in [9.17, 15) is 18.0 Å². The fraction of sp³-hybridized carbons (Fsp3) is 0.333. The van der Waals surface area contributed by atoms with E-state index < -0.39 is 17.7 Å². The van der Waals surface area contributed by atoms with Crippen LogP contribution in [-0.2, 0) is 11.0 Å². The van der Waals surface area contributed by atoms with Gasteiger partial charge in [-0.1, -0.05) is 6.07 Å². The molecule has 112 valence electrons. The zero-order valence-corrected chi connectivity index (χ0v) is 11.4. The molecule has 0 aromatic heterocycles. The van der Waals surface area contributed by atoms with E-state index >= 15 is 0 Å². The maximum absolute atomic E-state index is 12.8. The van der Waals surface area contributed by atoms with Crippen LogP contribution >= 0.6 is 12.2 Å². The van der Waals surface area contributed by atoms with E-state index in [1.165, 1.54) is 12.1 Å². The number of nitrogens with zero attached hydrogens (tertiary/aromatic N) is 1. The molecule has 0 bridgehead atoms. The number of hydrogen-bond acceptors (Lipinski definition) is 4. The van der Waals surface area contributed by atoms with Crippen LogP contribution in [0.2, 0.25) is 0 Å². The summed E-state index contributed by atoms with van der Waals surface area (Å²) >= 11 is 5.09. The highest BCUT2D eigenvalue weighted by atomic mass is 32.1. The third kappa shape index (κ3) is 2.47. The Labute approximate surface area is 123 Å². The van der Waals surface area contributed by atoms with Crippen LogP contribution < -0.4 is 21.1 Å². The highest BCUT2D eigenvalue weighted by molar-refractivity contribution is 7.80. The molecule has 0 spiro atoms. The largest absolute Gasteiger partial charge is 0.416 e. The zero-order valence-electron chi connectivity index (χ0n) is 10.6. The Balaban J connectivity index is 1.96. The number of amides is 1. The van der Waals surface area contributed by atoms with E-state index in [1.807, 2.05) is 0 Å². The Morgan fingerprint density at radius 3 is 2.81 bits per heavy atom. The monoisotopic (exact) mass is 316 g/mol. The van der Waals surface area contributed by atoms with E-state index in [0.29, 0.717) is 6.54 Å². The van der Waals surface area contributed by atoms with Gasteiger partial charge in [0.05, 0.1) is 17.2 Å². The predicted octanol–water partition coefficient (Wildman–Crippen LogP) is 0.977. The van der Waals surface area contributed by atoms with Crippen molar-refractivity contribution in [3.63, 3.8) is 0 Å². The number of alkyl halides is 3. The summed E-state index contributed by atoms with van der Waals surface area (Å²) in [5.41, 5.74) is 4.96. The number of carbonyl (C=O) groups excluding carboxylic acids is 1. The third-order valence-electron chi connectivity index (χ3n) is 3.43. The van der Waals surface area contributed by atoms with E-state index in [-0.39, 0.29) is 22.9 Å². The molecule has 3 rings (SSSR count). The number of nitrogens with one attached hydrogen (secondary N) is 3. The van der Waals surface area contributed by atoms with Gasteiger partial charge in [-0.3, -0.25) is 15.1 Å². The van der Waals surface area contributed by atoms with E-state index in [2.05, 4.69) is 16.2 Å². The highest BCUT2D eigenvalue weighted by Crippen LogP contribution is 2.32. The first-order chi connectivity index (χ1) is 9.88. The lowest BCUT2D eigenvalue weighted by molar-refractivity contribution is -0.137. The second-order valence-corrected chi connectivity index (χ2v) is 5.17. The van der Waals surface area contributed by atoms with Crippen molar-refractivity contribution in [1.82, 2.24) is 16.2 Å². The van der Waals surface area contributed by atoms with Crippen molar-refractivity contribution in [2.45, 2.75) is 12.3 Å². The Morgan fingerprint density at radius 2 is 2.10 bits per heavy atom. The first-order valence-electron chi connectivity index (χ1n) is 6.18. The van der Waals surface area contributed by atoms with Crippen LogP contribution in [-0.4, -0.2) is 23.7 Å². The van der Waals surface area contributed by atoms with Crippen LogP contribution in [0, 0.1) is 5.92 Å². The van der Waals surface area contributed by atoms with Gasteiger partial charge in [0.15, 0.2) is 5.11 Å². The summed E-state index contributed by atoms with van der Waals surface area (Å²) in [6.45, 7) is 0.384. The zero-order chi connectivity index (χ0) is 15.2. The van der Waals surface area contributed by atoms with Gasteiger partial charge < -0.3 is 5.32 Å². The van der Waals surface area contributed by atoms with Crippen LogP contribution in [0.1, 0.15) is 5.56 Å². The molecule has 3 N–H and O–H groups in total. The fourth-order valence-electron chi connectivity index (χ4n) is 2.39. The first kappa shape index (κ1) is 14.2. The van der Waals surface area contributed by atoms with Crippen LogP contribution in [0.3, 0.4) is 0 Å². The van der Waals surface area contributed by atoms with Gasteiger partial charge in [-0.05, 0) is 30.4 Å². The molecule has 2 unspecified atom stereocenters. The number of carbonyl (C=O) groups is 1. The van der Waals surface area contributed by atoms with Crippen LogP contribution in [0.15, 0.2) is 24.3 Å². The van der Waals surface area contributed by atoms with Crippen LogP contribution in [0.4, 0.5) is 18.9 Å². The molecule has 2 atom stereocenters. The average Bonchev–Trinajstić information content (AvgIpc) is 2.86. The lowest BCUT2D eigenvalue weighted by Gasteiger charge is -2.35. The minimum absolute atomic E-state index is 0.0803. The third-order valence-corrected chi connectivity index (χ3v) is 3.73. The Bertz CT molecular complexity index is 606. The van der Waals surface area contributed by atoms with E-state index in [1.54, 1.807) is 0 Å². The SMILES string of the molecule is O=C1C2CNNC2NC(=S)N1c1cccc(C(F)(F)F)c1. The fourth-order valence-corrected chi connectivity index (χ4v) is 2.72. The van der Waals surface area contributed by atoms with Gasteiger partial charge in [-0.15, -0.1) is 0 Å². The van der Waals surface area contributed by atoms with Crippen molar-refractivity contribution in [3.8, 4) is 0 Å². The van der Waals surface area contributed by atoms with E-state index in [0.717, 1.165) is 17.0 Å². The van der Waals surface area contributed by atoms with Crippen LogP contribution in [0.25, 0.3) is 0 Å². The highest BCUT2D eigenvalue weighted by Gasteiger charge is 2.43. The van der Waals surface area contributed by atoms with Crippen molar-refractivity contribution in [1.29, 1.82) is 0 Å². The van der Waals surface area contributed by atoms with Gasteiger partial charge >= 0.3 is 6.18 Å². The molecule has 2 aliphatic heterocycles. The van der Waals surface area contributed by atoms with Gasteiger partial charge in [0, 0.05) is 6.54 Å². The standard InChI is InChI=1S/C12H11F3N4OS/c13-12(14,15)6-2-1-3-7(4-6)19-10(20)8-5-16-18-9(8)17-11(19)21/h1-4,8-9,16,18H,5H2,(H,17,21). The van der Waals surface area contributed by atoms with Crippen molar-refractivity contribution in [2.75, 3.05) is 11.4 Å². The molecule has 0 saturated carbocycles. The maximum Gasteiger partial charge on any atom is 0.416 e. The lowest BCUT2D eigenvalue weighted by atomic mass is 10.0. The molecule has 0 radical (unpaired) electrons. The van der Waals surface area contributed by atoms with Gasteiger partial charge in [0.2, 0.25) is 5.91 Å². The van der Waals surface area contributed by atoms with Crippen molar-refractivity contribution in [3.05, 3.63) is 29.8 Å². The number of fused-ring (bicyclic) bond motifs is 1. The van der Waals surface area contributed by atoms with E-state index in [4.69, 9.17) is 12.2 Å². The summed E-state index contributed by atoms with van der Waals surface area (Å²) in [5.74, 6) is -0.758. The molecule has 1 aromatic rings. The molecule has 2 fully saturated rings. The lowest BCUT2D eigenvalue weighted by Crippen LogP contribution is -2.62. The molecule has 2 saturated heterocycles. The van der Waals surface area contributed by atoms with Crippen LogP contribution in [0.5, 0.6) is 0 Å². The molecule has 1 aromatic carbocycles. The van der Waals surface area contributed by atoms with Crippen molar-refractivity contribution in [2.24, 2.45) is 5.92 Å². The van der Waals surface area contributed by atoms with Crippen molar-refractivity contribution < 1.29 is 18.0 Å². The quantitative estimate of drug-likeness (QED) is 0.674. The normalized spacial score (nSPS) is 25.8. The van der Waals surface area contributed by atoms with Gasteiger partial charge in [0.1, 0.15) is 6.17 Å². The maximum atomic E-state index is 12.8. The second-order valence-electron chi connectivity index (χ2n) is 4.78. The number of rotatable bonds is 1. The summed E-state index contributed by atoms with van der Waals surface area (Å²) < 4.78 is 38.3. The average molecular weight is 316 g/mol. The topological polar surface area (TPSA) is 56.4 Å². The molecule has 21 heavy (non-hydrogen) atoms. The van der Waals surface area contributed by atoms with Gasteiger partial charge in [-0.25, -0.2) is 5.43 Å². The molecule has 9 heteroatoms. The summed E-state index contributed by atoms with van der Waals surface area (Å²) in [5, 5.41) is 2.98. The molecule has 2 heterocycles. The predicted molar refractivity (Wildman–Crippen MR) is 73.1 cm³/mol. The molecule has 1 amide bonds. The Hall–Kier alpha value is -1.71.